The molecular weight excluding hydrogens is 290 g/mol. The minimum atomic E-state index is 0.370. The molecule has 1 aliphatic rings. The van der Waals surface area contributed by atoms with Gasteiger partial charge in [0.15, 0.2) is 5.13 Å². The summed E-state index contributed by atoms with van der Waals surface area (Å²) in [7, 11) is 3.42. The molecule has 1 N–H and O–H groups in total. The molecule has 1 aromatic heterocycles. The fourth-order valence-electron chi connectivity index (χ4n) is 2.27. The third-order valence-electron chi connectivity index (χ3n) is 3.43. The molecule has 2 rings (SSSR count). The van der Waals surface area contributed by atoms with E-state index in [0.29, 0.717) is 19.3 Å². The van der Waals surface area contributed by atoms with Crippen LogP contribution in [0.4, 0.5) is 5.13 Å². The molecule has 1 atom stereocenters. The fourth-order valence-corrected chi connectivity index (χ4v) is 3.43. The van der Waals surface area contributed by atoms with Crippen LogP contribution < -0.4 is 10.2 Å². The van der Waals surface area contributed by atoms with Crippen molar-refractivity contribution in [3.8, 4) is 0 Å². The first kappa shape index (κ1) is 16.6. The second-order valence-corrected chi connectivity index (χ2v) is 6.15. The second-order valence-electron chi connectivity index (χ2n) is 5.09. The Hall–Kier alpha value is -0.730. The van der Waals surface area contributed by atoms with Gasteiger partial charge in [-0.25, -0.2) is 4.98 Å². The van der Waals surface area contributed by atoms with Crippen LogP contribution in [-0.2, 0) is 27.4 Å². The highest BCUT2D eigenvalue weighted by Crippen LogP contribution is 2.29. The van der Waals surface area contributed by atoms with Crippen molar-refractivity contribution in [3.05, 3.63) is 10.6 Å². The van der Waals surface area contributed by atoms with Gasteiger partial charge in [-0.3, -0.25) is 0 Å². The van der Waals surface area contributed by atoms with Crippen molar-refractivity contribution in [1.82, 2.24) is 10.3 Å². The maximum Gasteiger partial charge on any atom is 0.186 e. The van der Waals surface area contributed by atoms with Gasteiger partial charge >= 0.3 is 0 Å². The molecule has 0 radical (unpaired) electrons. The number of methoxy groups -OCH3 is 2. The monoisotopic (exact) mass is 315 g/mol. The second kappa shape index (κ2) is 8.65. The Bertz CT molecular complexity index is 428. The third-order valence-corrected chi connectivity index (χ3v) is 4.56. The highest BCUT2D eigenvalue weighted by molar-refractivity contribution is 7.15. The number of nitrogens with zero attached hydrogens (tertiary/aromatic N) is 2. The molecule has 1 saturated heterocycles. The van der Waals surface area contributed by atoms with Crippen molar-refractivity contribution in [3.63, 3.8) is 0 Å². The van der Waals surface area contributed by atoms with Crippen LogP contribution in [0.15, 0.2) is 0 Å². The van der Waals surface area contributed by atoms with Gasteiger partial charge in [0.2, 0.25) is 0 Å². The van der Waals surface area contributed by atoms with Gasteiger partial charge in [0, 0.05) is 38.7 Å². The van der Waals surface area contributed by atoms with E-state index < -0.39 is 0 Å². The minimum absolute atomic E-state index is 0.370. The molecule has 1 fully saturated rings. The number of ether oxygens (including phenoxy) is 3. The molecule has 0 aliphatic carbocycles. The van der Waals surface area contributed by atoms with Crippen LogP contribution >= 0.6 is 11.3 Å². The first-order valence-electron chi connectivity index (χ1n) is 7.27. The Morgan fingerprint density at radius 3 is 3.00 bits per heavy atom. The zero-order valence-electron chi connectivity index (χ0n) is 13.1. The molecule has 21 heavy (non-hydrogen) atoms. The summed E-state index contributed by atoms with van der Waals surface area (Å²) in [5, 5.41) is 4.45. The predicted octanol–water partition coefficient (Wildman–Crippen LogP) is 1.25. The van der Waals surface area contributed by atoms with E-state index in [1.807, 2.05) is 0 Å². The van der Waals surface area contributed by atoms with Crippen LogP contribution in [0, 0.1) is 0 Å². The Morgan fingerprint density at radius 2 is 2.29 bits per heavy atom. The van der Waals surface area contributed by atoms with Crippen molar-refractivity contribution in [1.29, 1.82) is 0 Å². The first-order chi connectivity index (χ1) is 10.3. The summed E-state index contributed by atoms with van der Waals surface area (Å²) in [5.41, 5.74) is 1.03. The van der Waals surface area contributed by atoms with Crippen LogP contribution in [-0.4, -0.2) is 58.2 Å². The summed E-state index contributed by atoms with van der Waals surface area (Å²) in [5.74, 6) is 0. The van der Waals surface area contributed by atoms with E-state index in [9.17, 15) is 0 Å². The van der Waals surface area contributed by atoms with Crippen molar-refractivity contribution in [2.24, 2.45) is 0 Å². The van der Waals surface area contributed by atoms with E-state index in [-0.39, 0.29) is 0 Å². The zero-order chi connectivity index (χ0) is 15.1. The first-order valence-corrected chi connectivity index (χ1v) is 8.09. The lowest BCUT2D eigenvalue weighted by molar-refractivity contribution is 0.0988. The van der Waals surface area contributed by atoms with Gasteiger partial charge in [-0.05, 0) is 6.92 Å². The third kappa shape index (κ3) is 4.62. The lowest BCUT2D eigenvalue weighted by Crippen LogP contribution is -2.43. The van der Waals surface area contributed by atoms with Crippen molar-refractivity contribution in [2.45, 2.75) is 26.1 Å². The molecule has 120 valence electrons. The van der Waals surface area contributed by atoms with Gasteiger partial charge in [-0.1, -0.05) is 0 Å². The minimum Gasteiger partial charge on any atom is -0.383 e. The van der Waals surface area contributed by atoms with Gasteiger partial charge in [0.25, 0.3) is 0 Å². The molecule has 0 spiro atoms. The standard InChI is InChI=1S/C14H25N3O3S/c1-11-9-20-7-5-17(11)14-16-12(10-19-3)13(21-14)8-15-4-6-18-2/h11,15H,4-10H2,1-3H3. The van der Waals surface area contributed by atoms with Crippen molar-refractivity contribution < 1.29 is 14.2 Å². The normalized spacial score (nSPS) is 19.2. The topological polar surface area (TPSA) is 55.9 Å². The average Bonchev–Trinajstić information content (AvgIpc) is 2.87. The van der Waals surface area contributed by atoms with Crippen LogP contribution in [0.3, 0.4) is 0 Å². The molecule has 1 aromatic rings. The van der Waals surface area contributed by atoms with Crippen LogP contribution in [0.25, 0.3) is 0 Å². The van der Waals surface area contributed by atoms with Gasteiger partial charge in [0.1, 0.15) is 0 Å². The van der Waals surface area contributed by atoms with Crippen LogP contribution in [0.1, 0.15) is 17.5 Å². The molecular formula is C14H25N3O3S. The molecule has 0 bridgehead atoms. The van der Waals surface area contributed by atoms with Crippen molar-refractivity contribution in [2.75, 3.05) is 52.0 Å². The molecule has 1 aliphatic heterocycles. The quantitative estimate of drug-likeness (QED) is 0.729. The van der Waals surface area contributed by atoms with Gasteiger partial charge in [0.05, 0.1) is 38.2 Å². The number of aromatic nitrogens is 1. The number of rotatable bonds is 8. The molecule has 7 heteroatoms. The fraction of sp³-hybridized carbons (Fsp3) is 0.786. The number of morpholine rings is 1. The summed E-state index contributed by atoms with van der Waals surface area (Å²) in [6, 6.07) is 0.370. The lowest BCUT2D eigenvalue weighted by Gasteiger charge is -2.32. The number of nitrogens with one attached hydrogen (secondary N) is 1. The highest BCUT2D eigenvalue weighted by Gasteiger charge is 2.23. The number of thiazole rings is 1. The van der Waals surface area contributed by atoms with E-state index in [1.54, 1.807) is 25.6 Å². The van der Waals surface area contributed by atoms with E-state index in [2.05, 4.69) is 17.1 Å². The smallest absolute Gasteiger partial charge is 0.186 e. The molecule has 2 heterocycles. The molecule has 1 unspecified atom stereocenters. The Morgan fingerprint density at radius 1 is 1.43 bits per heavy atom. The van der Waals surface area contributed by atoms with Crippen LogP contribution in [0.5, 0.6) is 0 Å². The summed E-state index contributed by atoms with van der Waals surface area (Å²) in [6.07, 6.45) is 0. The summed E-state index contributed by atoms with van der Waals surface area (Å²) >= 11 is 1.74. The lowest BCUT2D eigenvalue weighted by atomic mass is 10.3. The Balaban J connectivity index is 2.04. The molecule has 0 amide bonds. The maximum atomic E-state index is 5.49. The van der Waals surface area contributed by atoms with E-state index in [1.165, 1.54) is 4.88 Å². The van der Waals surface area contributed by atoms with Crippen LogP contribution in [0.2, 0.25) is 0 Å². The van der Waals surface area contributed by atoms with Crippen molar-refractivity contribution >= 4 is 16.5 Å². The number of hydrogen-bond acceptors (Lipinski definition) is 7. The Kier molecular flexibility index (Phi) is 6.85. The average molecular weight is 315 g/mol. The number of anilines is 1. The highest BCUT2D eigenvalue weighted by atomic mass is 32.1. The number of hydrogen-bond donors (Lipinski definition) is 1. The SMILES string of the molecule is COCCNCc1sc(N2CCOCC2C)nc1COC. The van der Waals surface area contributed by atoms with Gasteiger partial charge < -0.3 is 24.4 Å². The van der Waals surface area contributed by atoms with E-state index in [4.69, 9.17) is 19.2 Å². The summed E-state index contributed by atoms with van der Waals surface area (Å²) < 4.78 is 15.8. The zero-order valence-corrected chi connectivity index (χ0v) is 13.9. The largest absolute Gasteiger partial charge is 0.383 e. The molecule has 6 nitrogen and oxygen atoms in total. The van der Waals surface area contributed by atoms with Gasteiger partial charge in [-0.15, -0.1) is 11.3 Å². The Labute approximate surface area is 130 Å². The summed E-state index contributed by atoms with van der Waals surface area (Å²) in [4.78, 5) is 8.33. The molecule has 0 saturated carbocycles. The summed E-state index contributed by atoms with van der Waals surface area (Å²) in [6.45, 7) is 7.51. The predicted molar refractivity (Wildman–Crippen MR) is 84.0 cm³/mol. The van der Waals surface area contributed by atoms with Gasteiger partial charge in [-0.2, -0.15) is 0 Å². The van der Waals surface area contributed by atoms with E-state index in [0.717, 1.165) is 43.7 Å². The molecule has 0 aromatic carbocycles. The van der Waals surface area contributed by atoms with E-state index >= 15 is 0 Å². The maximum absolute atomic E-state index is 5.49.